The Balaban J connectivity index is 1.49. The number of rotatable bonds is 5. The van der Waals surface area contributed by atoms with Crippen molar-refractivity contribution in [1.82, 2.24) is 9.38 Å². The van der Waals surface area contributed by atoms with Crippen LogP contribution in [0.25, 0.3) is 5.65 Å². The molecule has 0 fully saturated rings. The normalized spacial score (nSPS) is 10.7. The molecule has 1 amide bonds. The van der Waals surface area contributed by atoms with Gasteiger partial charge in [0.05, 0.1) is 11.3 Å². The van der Waals surface area contributed by atoms with Crippen LogP contribution in [0.15, 0.2) is 82.2 Å². The number of carbonyl (C=O) groups excluding carboxylic acids is 1. The van der Waals surface area contributed by atoms with Crippen molar-refractivity contribution in [3.8, 4) is 5.75 Å². The molecule has 0 aliphatic heterocycles. The molecule has 30 heavy (non-hydrogen) atoms. The van der Waals surface area contributed by atoms with Crippen molar-refractivity contribution in [3.05, 3.63) is 105 Å². The zero-order valence-corrected chi connectivity index (χ0v) is 17.7. The molecule has 0 saturated carbocycles. The van der Waals surface area contributed by atoms with Crippen molar-refractivity contribution in [2.75, 3.05) is 5.32 Å². The number of pyridine rings is 1. The van der Waals surface area contributed by atoms with E-state index in [1.165, 1.54) is 10.5 Å². The van der Waals surface area contributed by atoms with E-state index in [4.69, 9.17) is 4.74 Å². The molecule has 0 unspecified atom stereocenters. The molecule has 150 valence electrons. The molecular formula is C23H18BrN3O3. The van der Waals surface area contributed by atoms with Crippen molar-refractivity contribution in [1.29, 1.82) is 0 Å². The molecule has 0 aliphatic rings. The Hall–Kier alpha value is -3.45. The van der Waals surface area contributed by atoms with Crippen LogP contribution in [-0.2, 0) is 6.61 Å². The Bertz CT molecular complexity index is 1300. The van der Waals surface area contributed by atoms with E-state index in [1.54, 1.807) is 42.6 Å². The van der Waals surface area contributed by atoms with E-state index in [9.17, 15) is 9.59 Å². The number of benzene rings is 2. The maximum absolute atomic E-state index is 12.5. The SMILES string of the molecule is Cc1cccn2c(=O)cc(COc3cccc(NC(=O)c4ccccc4Br)c3)nc12. The third-order valence-corrected chi connectivity index (χ3v) is 5.23. The minimum Gasteiger partial charge on any atom is -0.487 e. The molecule has 0 atom stereocenters. The first kappa shape index (κ1) is 19.8. The van der Waals surface area contributed by atoms with Crippen LogP contribution in [0.2, 0.25) is 0 Å². The van der Waals surface area contributed by atoms with Gasteiger partial charge in [0.1, 0.15) is 18.0 Å². The number of fused-ring (bicyclic) bond motifs is 1. The first-order valence-corrected chi connectivity index (χ1v) is 10.1. The fourth-order valence-corrected chi connectivity index (χ4v) is 3.51. The Kier molecular flexibility index (Phi) is 5.63. The smallest absolute Gasteiger partial charge is 0.258 e. The van der Waals surface area contributed by atoms with E-state index in [1.807, 2.05) is 31.2 Å². The minimum absolute atomic E-state index is 0.141. The first-order chi connectivity index (χ1) is 14.5. The number of hydrogen-bond acceptors (Lipinski definition) is 4. The third-order valence-electron chi connectivity index (χ3n) is 4.54. The Labute approximate surface area is 181 Å². The number of ether oxygens (including phenoxy) is 1. The van der Waals surface area contributed by atoms with Gasteiger partial charge in [0.2, 0.25) is 0 Å². The standard InChI is InChI=1S/C23H18BrN3O3/c1-15-6-5-11-27-21(28)13-17(25-22(15)27)14-30-18-8-4-7-16(12-18)26-23(29)19-9-2-3-10-20(19)24/h2-13H,14H2,1H3,(H,26,29). The highest BCUT2D eigenvalue weighted by Gasteiger charge is 2.10. The van der Waals surface area contributed by atoms with Gasteiger partial charge >= 0.3 is 0 Å². The molecule has 0 saturated heterocycles. The second-order valence-electron chi connectivity index (χ2n) is 6.72. The highest BCUT2D eigenvalue weighted by Crippen LogP contribution is 2.21. The summed E-state index contributed by atoms with van der Waals surface area (Å²) < 4.78 is 8.05. The van der Waals surface area contributed by atoms with Gasteiger partial charge in [-0.25, -0.2) is 4.98 Å². The lowest BCUT2D eigenvalue weighted by atomic mass is 10.2. The monoisotopic (exact) mass is 463 g/mol. The molecule has 4 aromatic rings. The Morgan fingerprint density at radius 3 is 2.77 bits per heavy atom. The summed E-state index contributed by atoms with van der Waals surface area (Å²) in [5.41, 5.74) is 3.05. The summed E-state index contributed by atoms with van der Waals surface area (Å²) in [6, 6.07) is 19.5. The second kappa shape index (κ2) is 8.51. The molecule has 0 spiro atoms. The fourth-order valence-electron chi connectivity index (χ4n) is 3.05. The molecule has 0 bridgehead atoms. The van der Waals surface area contributed by atoms with Crippen LogP contribution < -0.4 is 15.6 Å². The van der Waals surface area contributed by atoms with E-state index in [0.717, 1.165) is 10.0 Å². The number of aryl methyl sites for hydroxylation is 1. The number of halogens is 1. The lowest BCUT2D eigenvalue weighted by Gasteiger charge is -2.10. The quantitative estimate of drug-likeness (QED) is 0.469. The first-order valence-electron chi connectivity index (χ1n) is 9.28. The summed E-state index contributed by atoms with van der Waals surface area (Å²) in [4.78, 5) is 29.3. The predicted molar refractivity (Wildman–Crippen MR) is 119 cm³/mol. The Morgan fingerprint density at radius 2 is 1.93 bits per heavy atom. The van der Waals surface area contributed by atoms with Gasteiger partial charge in [-0.3, -0.25) is 14.0 Å². The number of hydrogen-bond donors (Lipinski definition) is 1. The van der Waals surface area contributed by atoms with E-state index >= 15 is 0 Å². The zero-order chi connectivity index (χ0) is 21.1. The average Bonchev–Trinajstić information content (AvgIpc) is 2.73. The van der Waals surface area contributed by atoms with Crippen molar-refractivity contribution in [2.24, 2.45) is 0 Å². The predicted octanol–water partition coefficient (Wildman–Crippen LogP) is 4.60. The largest absolute Gasteiger partial charge is 0.487 e. The summed E-state index contributed by atoms with van der Waals surface area (Å²) >= 11 is 3.38. The van der Waals surface area contributed by atoms with Crippen molar-refractivity contribution in [3.63, 3.8) is 0 Å². The summed E-state index contributed by atoms with van der Waals surface area (Å²) in [6.45, 7) is 2.05. The van der Waals surface area contributed by atoms with E-state index in [2.05, 4.69) is 26.2 Å². The molecule has 1 N–H and O–H groups in total. The maximum atomic E-state index is 12.5. The summed E-state index contributed by atoms with van der Waals surface area (Å²) in [5.74, 6) is 0.339. The van der Waals surface area contributed by atoms with Crippen LogP contribution in [0.5, 0.6) is 5.75 Å². The molecule has 4 rings (SSSR count). The van der Waals surface area contributed by atoms with Gasteiger partial charge in [-0.2, -0.15) is 0 Å². The topological polar surface area (TPSA) is 72.7 Å². The fraction of sp³-hybridized carbons (Fsp3) is 0.0870. The number of carbonyl (C=O) groups is 1. The van der Waals surface area contributed by atoms with Gasteiger partial charge < -0.3 is 10.1 Å². The minimum atomic E-state index is -0.223. The molecule has 2 aromatic heterocycles. The molecule has 0 radical (unpaired) electrons. The molecule has 6 nitrogen and oxygen atoms in total. The Morgan fingerprint density at radius 1 is 1.10 bits per heavy atom. The number of nitrogens with one attached hydrogen (secondary N) is 1. The second-order valence-corrected chi connectivity index (χ2v) is 7.58. The van der Waals surface area contributed by atoms with Gasteiger partial charge in [-0.1, -0.05) is 24.3 Å². The maximum Gasteiger partial charge on any atom is 0.258 e. The van der Waals surface area contributed by atoms with Crippen molar-refractivity contribution < 1.29 is 9.53 Å². The average molecular weight is 464 g/mol. The molecule has 7 heteroatoms. The number of aromatic nitrogens is 2. The van der Waals surface area contributed by atoms with Crippen LogP contribution in [0.3, 0.4) is 0 Å². The van der Waals surface area contributed by atoms with Crippen LogP contribution in [0, 0.1) is 6.92 Å². The highest BCUT2D eigenvalue weighted by molar-refractivity contribution is 9.10. The lowest BCUT2D eigenvalue weighted by molar-refractivity contribution is 0.102. The summed E-state index contributed by atoms with van der Waals surface area (Å²) in [6.07, 6.45) is 1.69. The van der Waals surface area contributed by atoms with Gasteiger partial charge in [-0.15, -0.1) is 0 Å². The zero-order valence-electron chi connectivity index (χ0n) is 16.1. The lowest BCUT2D eigenvalue weighted by Crippen LogP contribution is -2.17. The molecule has 2 heterocycles. The number of nitrogens with zero attached hydrogens (tertiary/aromatic N) is 2. The molecule has 0 aliphatic carbocycles. The van der Waals surface area contributed by atoms with Crippen molar-refractivity contribution >= 4 is 33.2 Å². The van der Waals surface area contributed by atoms with Gasteiger partial charge in [-0.05, 0) is 58.7 Å². The van der Waals surface area contributed by atoms with Crippen LogP contribution in [0.4, 0.5) is 5.69 Å². The van der Waals surface area contributed by atoms with Crippen molar-refractivity contribution in [2.45, 2.75) is 13.5 Å². The van der Waals surface area contributed by atoms with Gasteiger partial charge in [0.25, 0.3) is 11.5 Å². The van der Waals surface area contributed by atoms with E-state index in [-0.39, 0.29) is 18.1 Å². The van der Waals surface area contributed by atoms with E-state index < -0.39 is 0 Å². The number of anilines is 1. The molecular weight excluding hydrogens is 446 g/mol. The molecule has 2 aromatic carbocycles. The summed E-state index contributed by atoms with van der Waals surface area (Å²) in [7, 11) is 0. The van der Waals surface area contributed by atoms with Crippen LogP contribution in [0.1, 0.15) is 21.6 Å². The summed E-state index contributed by atoms with van der Waals surface area (Å²) in [5, 5.41) is 2.86. The van der Waals surface area contributed by atoms with Gasteiger partial charge in [0.15, 0.2) is 0 Å². The van der Waals surface area contributed by atoms with Crippen LogP contribution >= 0.6 is 15.9 Å². The van der Waals surface area contributed by atoms with Crippen LogP contribution in [-0.4, -0.2) is 15.3 Å². The number of amides is 1. The highest BCUT2D eigenvalue weighted by atomic mass is 79.9. The van der Waals surface area contributed by atoms with Gasteiger partial charge in [0, 0.05) is 28.5 Å². The van der Waals surface area contributed by atoms with E-state index in [0.29, 0.717) is 28.3 Å². The third kappa shape index (κ3) is 4.26.